The van der Waals surface area contributed by atoms with Crippen LogP contribution < -0.4 is 10.1 Å². The van der Waals surface area contributed by atoms with Gasteiger partial charge in [-0.2, -0.15) is 11.8 Å². The highest BCUT2D eigenvalue weighted by molar-refractivity contribution is 7.99. The van der Waals surface area contributed by atoms with Gasteiger partial charge in [0.1, 0.15) is 11.8 Å². The van der Waals surface area contributed by atoms with Gasteiger partial charge in [0.25, 0.3) is 0 Å². The first kappa shape index (κ1) is 14.2. The van der Waals surface area contributed by atoms with E-state index in [1.54, 1.807) is 11.8 Å². The van der Waals surface area contributed by atoms with E-state index in [2.05, 4.69) is 5.32 Å². The van der Waals surface area contributed by atoms with Gasteiger partial charge >= 0.3 is 5.97 Å². The van der Waals surface area contributed by atoms with E-state index in [0.717, 1.165) is 22.8 Å². The van der Waals surface area contributed by atoms with Gasteiger partial charge in [0.05, 0.1) is 13.7 Å². The molecule has 1 saturated heterocycles. The second-order valence-corrected chi connectivity index (χ2v) is 5.38. The van der Waals surface area contributed by atoms with Gasteiger partial charge in [-0.15, -0.1) is 0 Å². The number of esters is 1. The first-order valence-corrected chi connectivity index (χ1v) is 7.55. The molecule has 19 heavy (non-hydrogen) atoms. The monoisotopic (exact) mass is 281 g/mol. The number of thioether (sulfide) groups is 1. The minimum absolute atomic E-state index is 0.116. The highest BCUT2D eigenvalue weighted by atomic mass is 32.2. The molecule has 2 unspecified atom stereocenters. The summed E-state index contributed by atoms with van der Waals surface area (Å²) in [6.45, 7) is 2.61. The zero-order chi connectivity index (χ0) is 13.7. The van der Waals surface area contributed by atoms with E-state index < -0.39 is 0 Å². The number of hydrogen-bond donors (Lipinski definition) is 1. The van der Waals surface area contributed by atoms with Crippen molar-refractivity contribution in [3.63, 3.8) is 0 Å². The lowest BCUT2D eigenvalue weighted by Gasteiger charge is -2.30. The zero-order valence-corrected chi connectivity index (χ0v) is 12.0. The van der Waals surface area contributed by atoms with Crippen molar-refractivity contribution < 1.29 is 14.3 Å². The summed E-state index contributed by atoms with van der Waals surface area (Å²) in [6, 6.07) is 7.83. The molecule has 1 aromatic rings. The quantitative estimate of drug-likeness (QED) is 0.855. The van der Waals surface area contributed by atoms with Crippen LogP contribution in [0.2, 0.25) is 0 Å². The Morgan fingerprint density at radius 2 is 2.21 bits per heavy atom. The van der Waals surface area contributed by atoms with Gasteiger partial charge in [0, 0.05) is 23.1 Å². The molecule has 0 aliphatic carbocycles. The molecule has 4 nitrogen and oxygen atoms in total. The van der Waals surface area contributed by atoms with Gasteiger partial charge in [-0.05, 0) is 13.0 Å². The number of ether oxygens (including phenoxy) is 2. The number of carbonyl (C=O) groups excluding carboxylic acids is 1. The average Bonchev–Trinajstić information content (AvgIpc) is 2.47. The second kappa shape index (κ2) is 6.82. The smallest absolute Gasteiger partial charge is 0.323 e. The summed E-state index contributed by atoms with van der Waals surface area (Å²) in [5, 5.41) is 3.34. The van der Waals surface area contributed by atoms with E-state index in [-0.39, 0.29) is 18.1 Å². The first-order chi connectivity index (χ1) is 9.26. The Labute approximate surface area is 117 Å². The predicted molar refractivity (Wildman–Crippen MR) is 76.6 cm³/mol. The van der Waals surface area contributed by atoms with Gasteiger partial charge in [-0.25, -0.2) is 0 Å². The highest BCUT2D eigenvalue weighted by Crippen LogP contribution is 2.31. The van der Waals surface area contributed by atoms with Gasteiger partial charge < -0.3 is 9.47 Å². The molecule has 1 aliphatic heterocycles. The summed E-state index contributed by atoms with van der Waals surface area (Å²) in [7, 11) is 1.42. The molecule has 1 aliphatic rings. The molecule has 1 heterocycles. The van der Waals surface area contributed by atoms with Gasteiger partial charge in [-0.1, -0.05) is 18.2 Å². The third kappa shape index (κ3) is 3.42. The van der Waals surface area contributed by atoms with E-state index in [4.69, 9.17) is 9.47 Å². The fourth-order valence-corrected chi connectivity index (χ4v) is 3.27. The first-order valence-electron chi connectivity index (χ1n) is 6.39. The molecule has 0 spiro atoms. The maximum atomic E-state index is 11.6. The Bertz CT molecular complexity index is 438. The predicted octanol–water partition coefficient (Wildman–Crippen LogP) is 2.00. The zero-order valence-electron chi connectivity index (χ0n) is 11.2. The van der Waals surface area contributed by atoms with Crippen LogP contribution in [0.4, 0.5) is 0 Å². The third-order valence-electron chi connectivity index (χ3n) is 3.05. The van der Waals surface area contributed by atoms with E-state index in [0.29, 0.717) is 6.61 Å². The van der Waals surface area contributed by atoms with Crippen molar-refractivity contribution >= 4 is 17.7 Å². The summed E-state index contributed by atoms with van der Waals surface area (Å²) in [4.78, 5) is 11.6. The van der Waals surface area contributed by atoms with Gasteiger partial charge in [-0.3, -0.25) is 10.1 Å². The number of nitrogens with one attached hydrogen (secondary N) is 1. The largest absolute Gasteiger partial charge is 0.494 e. The van der Waals surface area contributed by atoms with Crippen LogP contribution >= 0.6 is 11.8 Å². The molecular formula is C14H19NO3S. The van der Waals surface area contributed by atoms with Crippen LogP contribution in [0.1, 0.15) is 18.5 Å². The van der Waals surface area contributed by atoms with Crippen molar-refractivity contribution in [1.82, 2.24) is 5.32 Å². The molecule has 104 valence electrons. The Balaban J connectivity index is 2.15. The van der Waals surface area contributed by atoms with Crippen LogP contribution in [-0.2, 0) is 9.53 Å². The summed E-state index contributed by atoms with van der Waals surface area (Å²) in [5.41, 5.74) is 1.10. The molecule has 0 saturated carbocycles. The van der Waals surface area contributed by atoms with Crippen LogP contribution in [0.15, 0.2) is 24.3 Å². The normalized spacial score (nSPS) is 22.8. The highest BCUT2D eigenvalue weighted by Gasteiger charge is 2.29. The van der Waals surface area contributed by atoms with Crippen LogP contribution in [-0.4, -0.2) is 37.2 Å². The van der Waals surface area contributed by atoms with Crippen LogP contribution in [0.5, 0.6) is 5.75 Å². The molecule has 0 aromatic heterocycles. The summed E-state index contributed by atoms with van der Waals surface area (Å²) < 4.78 is 10.5. The molecule has 1 aromatic carbocycles. The fourth-order valence-electron chi connectivity index (χ4n) is 2.16. The molecule has 0 radical (unpaired) electrons. The molecule has 5 heteroatoms. The van der Waals surface area contributed by atoms with E-state index >= 15 is 0 Å². The van der Waals surface area contributed by atoms with Crippen LogP contribution in [0.3, 0.4) is 0 Å². The molecule has 1 fully saturated rings. The maximum Gasteiger partial charge on any atom is 0.323 e. The third-order valence-corrected chi connectivity index (χ3v) is 4.19. The molecule has 2 rings (SSSR count). The standard InChI is InChI=1S/C14H19NO3S/c1-3-18-13-7-5-4-6-10(13)11-8-19-9-12(15-11)14(16)17-2/h4-7,11-12,15H,3,8-9H2,1-2H3. The van der Waals surface area contributed by atoms with Gasteiger partial charge in [0.15, 0.2) is 0 Å². The van der Waals surface area contributed by atoms with Gasteiger partial charge in [0.2, 0.25) is 0 Å². The Hall–Kier alpha value is -1.20. The fraction of sp³-hybridized carbons (Fsp3) is 0.500. The second-order valence-electron chi connectivity index (χ2n) is 4.30. The molecule has 1 N–H and O–H groups in total. The van der Waals surface area contributed by atoms with Crippen molar-refractivity contribution in [3.8, 4) is 5.75 Å². The molecule has 0 bridgehead atoms. The lowest BCUT2D eigenvalue weighted by atomic mass is 10.1. The summed E-state index contributed by atoms with van der Waals surface area (Å²) in [6.07, 6.45) is 0. The Kier molecular flexibility index (Phi) is 5.10. The van der Waals surface area contributed by atoms with Crippen LogP contribution in [0.25, 0.3) is 0 Å². The lowest BCUT2D eigenvalue weighted by molar-refractivity contribution is -0.142. The lowest BCUT2D eigenvalue weighted by Crippen LogP contribution is -2.45. The Morgan fingerprint density at radius 1 is 1.42 bits per heavy atom. The molecule has 0 amide bonds. The maximum absolute atomic E-state index is 11.6. The minimum Gasteiger partial charge on any atom is -0.494 e. The number of carbonyl (C=O) groups is 1. The van der Waals surface area contributed by atoms with Crippen molar-refractivity contribution in [3.05, 3.63) is 29.8 Å². The SMILES string of the molecule is CCOc1ccccc1C1CSCC(C(=O)OC)N1. The van der Waals surface area contributed by atoms with Crippen molar-refractivity contribution in [2.24, 2.45) is 0 Å². The van der Waals surface area contributed by atoms with Crippen molar-refractivity contribution in [2.45, 2.75) is 19.0 Å². The number of rotatable bonds is 4. The van der Waals surface area contributed by atoms with Crippen molar-refractivity contribution in [2.75, 3.05) is 25.2 Å². The number of benzene rings is 1. The van der Waals surface area contributed by atoms with Crippen molar-refractivity contribution in [1.29, 1.82) is 0 Å². The van der Waals surface area contributed by atoms with E-state index in [9.17, 15) is 4.79 Å². The number of hydrogen-bond acceptors (Lipinski definition) is 5. The molecular weight excluding hydrogens is 262 g/mol. The topological polar surface area (TPSA) is 47.6 Å². The van der Waals surface area contributed by atoms with Crippen LogP contribution in [0, 0.1) is 0 Å². The summed E-state index contributed by atoms with van der Waals surface area (Å²) in [5.74, 6) is 2.36. The summed E-state index contributed by atoms with van der Waals surface area (Å²) >= 11 is 1.76. The Morgan fingerprint density at radius 3 is 2.95 bits per heavy atom. The average molecular weight is 281 g/mol. The van der Waals surface area contributed by atoms with E-state index in [1.807, 2.05) is 31.2 Å². The number of methoxy groups -OCH3 is 1. The minimum atomic E-state index is -0.247. The van der Waals surface area contributed by atoms with E-state index in [1.165, 1.54) is 7.11 Å². The number of para-hydroxylation sites is 1. The molecule has 2 atom stereocenters.